The van der Waals surface area contributed by atoms with Crippen LogP contribution in [0.5, 0.6) is 0 Å². The van der Waals surface area contributed by atoms with Gasteiger partial charge >= 0.3 is 0 Å². The summed E-state index contributed by atoms with van der Waals surface area (Å²) >= 11 is 0. The first kappa shape index (κ1) is 12.2. The molecule has 0 aromatic carbocycles. The highest BCUT2D eigenvalue weighted by atomic mass is 14.8. The third-order valence-corrected chi connectivity index (χ3v) is 1.28. The van der Waals surface area contributed by atoms with Crippen LogP contribution in [-0.4, -0.2) is 13.4 Å². The van der Waals surface area contributed by atoms with E-state index in [4.69, 9.17) is 0 Å². The van der Waals surface area contributed by atoms with Crippen molar-refractivity contribution in [3.63, 3.8) is 0 Å². The fraction of sp³-hybridized carbons (Fsp3) is 0. The third kappa shape index (κ3) is 6.92. The minimum atomic E-state index is 0. The van der Waals surface area contributed by atoms with E-state index < -0.39 is 0 Å². The highest BCUT2D eigenvalue weighted by molar-refractivity contribution is 5.75. The monoisotopic (exact) mass is 183 g/mol. The predicted octanol–water partition coefficient (Wildman–Crippen LogP) is 1.87. The average Bonchev–Trinajstić information content (AvgIpc) is 2.53. The van der Waals surface area contributed by atoms with Gasteiger partial charge in [-0.1, -0.05) is 18.2 Å². The van der Waals surface area contributed by atoms with Gasteiger partial charge in [-0.25, -0.2) is 0 Å². The van der Waals surface area contributed by atoms with Crippen molar-refractivity contribution in [2.75, 3.05) is 0 Å². The molecule has 3 heteroatoms. The largest absolute Gasteiger partial charge is 0.368 e. The molecule has 69 valence electrons. The molecular formula is C11H12BN2. The van der Waals surface area contributed by atoms with E-state index >= 15 is 0 Å². The topological polar surface area (TPSA) is 24.9 Å². The second-order valence-corrected chi connectivity index (χ2v) is 2.29. The van der Waals surface area contributed by atoms with Gasteiger partial charge in [0.25, 0.3) is 0 Å². The van der Waals surface area contributed by atoms with Crippen molar-refractivity contribution >= 4 is 8.41 Å². The summed E-state index contributed by atoms with van der Waals surface area (Å²) in [5.74, 6) is 0. The molecule has 2 heterocycles. The van der Waals surface area contributed by atoms with Gasteiger partial charge in [-0.3, -0.25) is 4.98 Å². The first-order chi connectivity index (χ1) is 6.50. The number of rotatable bonds is 0. The van der Waals surface area contributed by atoms with Crippen LogP contribution >= 0.6 is 0 Å². The first-order valence-corrected chi connectivity index (χ1v) is 4.09. The molecule has 1 aliphatic heterocycles. The van der Waals surface area contributed by atoms with E-state index in [1.165, 1.54) is 0 Å². The predicted molar refractivity (Wildman–Crippen MR) is 60.5 cm³/mol. The van der Waals surface area contributed by atoms with Crippen LogP contribution in [0.1, 0.15) is 0 Å². The van der Waals surface area contributed by atoms with Crippen molar-refractivity contribution in [1.82, 2.24) is 10.3 Å². The van der Waals surface area contributed by atoms with Crippen LogP contribution in [0.25, 0.3) is 0 Å². The summed E-state index contributed by atoms with van der Waals surface area (Å²) in [6.07, 6.45) is 15.1. The third-order valence-electron chi connectivity index (χ3n) is 1.28. The molecule has 2 rings (SSSR count). The zero-order valence-electron chi connectivity index (χ0n) is 7.88. The standard InChI is InChI=1S/C6H7N.C5H5N.B/c1-2-4-6-7-5-3-1;1-2-4-6-5-3-1;/h1-7H;1-5H;. The van der Waals surface area contributed by atoms with Crippen molar-refractivity contribution in [1.29, 1.82) is 0 Å². The van der Waals surface area contributed by atoms with Crippen molar-refractivity contribution in [2.24, 2.45) is 0 Å². The summed E-state index contributed by atoms with van der Waals surface area (Å²) in [6, 6.07) is 5.72. The van der Waals surface area contributed by atoms with Gasteiger partial charge in [0.15, 0.2) is 0 Å². The Morgan fingerprint density at radius 2 is 1.29 bits per heavy atom. The van der Waals surface area contributed by atoms with Gasteiger partial charge in [-0.05, 0) is 24.3 Å². The fourth-order valence-electron chi connectivity index (χ4n) is 0.719. The normalized spacial score (nSPS) is 11.4. The molecule has 1 aromatic rings. The molecule has 3 radical (unpaired) electrons. The zero-order chi connectivity index (χ0) is 9.19. The van der Waals surface area contributed by atoms with Crippen LogP contribution < -0.4 is 5.32 Å². The fourth-order valence-corrected chi connectivity index (χ4v) is 0.719. The minimum absolute atomic E-state index is 0. The molecule has 1 aromatic heterocycles. The van der Waals surface area contributed by atoms with E-state index in [0.29, 0.717) is 0 Å². The Bertz CT molecular complexity index is 251. The highest BCUT2D eigenvalue weighted by Gasteiger charge is 1.67. The maximum Gasteiger partial charge on any atom is 0.0267 e. The van der Waals surface area contributed by atoms with E-state index in [0.717, 1.165) is 0 Å². The molecule has 1 aliphatic rings. The molecule has 0 saturated carbocycles. The van der Waals surface area contributed by atoms with Crippen molar-refractivity contribution in [3.8, 4) is 0 Å². The molecule has 0 saturated heterocycles. The molecule has 0 amide bonds. The van der Waals surface area contributed by atoms with Crippen LogP contribution in [0.4, 0.5) is 0 Å². The summed E-state index contributed by atoms with van der Waals surface area (Å²) in [5.41, 5.74) is 0. The van der Waals surface area contributed by atoms with E-state index in [1.54, 1.807) is 12.4 Å². The smallest absolute Gasteiger partial charge is 0.0267 e. The molecule has 0 atom stereocenters. The summed E-state index contributed by atoms with van der Waals surface area (Å²) in [5, 5.41) is 2.92. The lowest BCUT2D eigenvalue weighted by molar-refractivity contribution is 1.20. The van der Waals surface area contributed by atoms with Crippen LogP contribution in [-0.2, 0) is 0 Å². The molecule has 0 spiro atoms. The minimum Gasteiger partial charge on any atom is -0.368 e. The maximum absolute atomic E-state index is 3.78. The summed E-state index contributed by atoms with van der Waals surface area (Å²) < 4.78 is 0. The number of nitrogens with one attached hydrogen (secondary N) is 1. The molecule has 2 nitrogen and oxygen atoms in total. The van der Waals surface area contributed by atoms with Crippen LogP contribution in [0.15, 0.2) is 67.3 Å². The number of pyridine rings is 1. The summed E-state index contributed by atoms with van der Waals surface area (Å²) in [7, 11) is 0. The van der Waals surface area contributed by atoms with Crippen LogP contribution in [0.3, 0.4) is 0 Å². The van der Waals surface area contributed by atoms with E-state index in [9.17, 15) is 0 Å². The van der Waals surface area contributed by atoms with Crippen molar-refractivity contribution in [3.05, 3.63) is 67.3 Å². The Morgan fingerprint density at radius 1 is 0.714 bits per heavy atom. The Kier molecular flexibility index (Phi) is 8.15. The molecular weight excluding hydrogens is 171 g/mol. The molecule has 0 aliphatic carbocycles. The van der Waals surface area contributed by atoms with Gasteiger partial charge in [-0.15, -0.1) is 0 Å². The van der Waals surface area contributed by atoms with Gasteiger partial charge in [0.05, 0.1) is 0 Å². The lowest BCUT2D eigenvalue weighted by Gasteiger charge is -1.79. The number of aromatic nitrogens is 1. The molecule has 14 heavy (non-hydrogen) atoms. The molecule has 0 unspecified atom stereocenters. The maximum atomic E-state index is 3.78. The van der Waals surface area contributed by atoms with Crippen molar-refractivity contribution in [2.45, 2.75) is 0 Å². The van der Waals surface area contributed by atoms with E-state index in [2.05, 4.69) is 10.3 Å². The van der Waals surface area contributed by atoms with Crippen molar-refractivity contribution < 1.29 is 0 Å². The Hall–Kier alpha value is -1.77. The Labute approximate surface area is 86.6 Å². The van der Waals surface area contributed by atoms with Gasteiger partial charge in [0.2, 0.25) is 0 Å². The second kappa shape index (κ2) is 9.32. The van der Waals surface area contributed by atoms with Gasteiger partial charge in [-0.2, -0.15) is 0 Å². The SMILES string of the molecule is C1=CC=CNC=C1.[B].c1ccncc1. The number of hydrogen-bond donors (Lipinski definition) is 1. The average molecular weight is 183 g/mol. The van der Waals surface area contributed by atoms with Gasteiger partial charge in [0.1, 0.15) is 0 Å². The second-order valence-electron chi connectivity index (χ2n) is 2.29. The number of nitrogens with zero attached hydrogens (tertiary/aromatic N) is 1. The first-order valence-electron chi connectivity index (χ1n) is 4.09. The van der Waals surface area contributed by atoms with Crippen LogP contribution in [0, 0.1) is 0 Å². The molecule has 0 fully saturated rings. The van der Waals surface area contributed by atoms with E-state index in [1.807, 2.05) is 54.9 Å². The zero-order valence-corrected chi connectivity index (χ0v) is 7.88. The van der Waals surface area contributed by atoms with E-state index in [-0.39, 0.29) is 8.41 Å². The number of allylic oxidation sites excluding steroid dienone is 4. The summed E-state index contributed by atoms with van der Waals surface area (Å²) in [6.45, 7) is 0. The Morgan fingerprint density at radius 3 is 1.64 bits per heavy atom. The number of hydrogen-bond acceptors (Lipinski definition) is 2. The lowest BCUT2D eigenvalue weighted by atomic mass is 10.5. The van der Waals surface area contributed by atoms with Gasteiger partial charge in [0, 0.05) is 33.2 Å². The quantitative estimate of drug-likeness (QED) is 0.621. The van der Waals surface area contributed by atoms with Crippen LogP contribution in [0.2, 0.25) is 0 Å². The summed E-state index contributed by atoms with van der Waals surface area (Å²) in [4.78, 5) is 3.78. The van der Waals surface area contributed by atoms with Gasteiger partial charge < -0.3 is 5.32 Å². The Balaban J connectivity index is 0.000000227. The lowest BCUT2D eigenvalue weighted by Crippen LogP contribution is -1.87. The molecule has 1 N–H and O–H groups in total. The molecule has 0 bridgehead atoms. The highest BCUT2D eigenvalue weighted by Crippen LogP contribution is 1.81.